The molecule has 1 N–H and O–H groups in total. The standard InChI is InChI=1S/C24H28N2O3/c1-22(2,3)24(17-13-11-16(15-25)12-14-17)20(21(27)28)26(24)18-9-7-8-10-19(18)29-23(4,5)6/h7-14,20H,1-6H3,(H,27,28)/i20D. The maximum absolute atomic E-state index is 12.5. The van der Waals surface area contributed by atoms with Crippen LogP contribution in [0.3, 0.4) is 0 Å². The molecule has 29 heavy (non-hydrogen) atoms. The predicted molar refractivity (Wildman–Crippen MR) is 113 cm³/mol. The molecule has 1 fully saturated rings. The van der Waals surface area contributed by atoms with E-state index in [1.807, 2.05) is 53.7 Å². The summed E-state index contributed by atoms with van der Waals surface area (Å²) >= 11 is 0. The van der Waals surface area contributed by atoms with E-state index < -0.39 is 28.5 Å². The first-order valence-electron chi connectivity index (χ1n) is 10.1. The van der Waals surface area contributed by atoms with Crippen LogP contribution in [0.25, 0.3) is 0 Å². The van der Waals surface area contributed by atoms with Crippen molar-refractivity contribution in [2.45, 2.75) is 58.7 Å². The average molecular weight is 394 g/mol. The summed E-state index contributed by atoms with van der Waals surface area (Å²) in [6.07, 6.45) is 0. The minimum atomic E-state index is -1.93. The van der Waals surface area contributed by atoms with E-state index in [-0.39, 0.29) is 0 Å². The second-order valence-electron chi connectivity index (χ2n) is 9.32. The van der Waals surface area contributed by atoms with Gasteiger partial charge in [-0.1, -0.05) is 45.0 Å². The number of rotatable bonds is 4. The van der Waals surface area contributed by atoms with Crippen LogP contribution >= 0.6 is 0 Å². The largest absolute Gasteiger partial charge is 0.486 e. The van der Waals surface area contributed by atoms with Crippen LogP contribution in [0.5, 0.6) is 5.75 Å². The smallest absolute Gasteiger partial charge is 0.329 e. The monoisotopic (exact) mass is 393 g/mol. The highest BCUT2D eigenvalue weighted by atomic mass is 16.5. The lowest BCUT2D eigenvalue weighted by atomic mass is 9.73. The SMILES string of the molecule is [2H]C1(C(=O)O)N(c2ccccc2OC(C)(C)C)C1(c1ccc(C#N)cc1)C(C)(C)C. The van der Waals surface area contributed by atoms with Crippen molar-refractivity contribution in [3.63, 3.8) is 0 Å². The van der Waals surface area contributed by atoms with Gasteiger partial charge in [0, 0.05) is 0 Å². The molecule has 0 aromatic heterocycles. The molecule has 2 aromatic rings. The maximum atomic E-state index is 12.5. The lowest BCUT2D eigenvalue weighted by Gasteiger charge is -2.33. The minimum absolute atomic E-state index is 0.484. The average Bonchev–Trinajstić information content (AvgIpc) is 3.24. The molecule has 1 saturated heterocycles. The van der Waals surface area contributed by atoms with E-state index in [2.05, 4.69) is 6.07 Å². The number of aliphatic carboxylic acids is 1. The molecule has 1 aliphatic rings. The number of para-hydroxylation sites is 2. The Labute approximate surface area is 173 Å². The van der Waals surface area contributed by atoms with Crippen LogP contribution in [0.4, 0.5) is 5.69 Å². The Hall–Kier alpha value is -3.00. The van der Waals surface area contributed by atoms with Crippen molar-refractivity contribution in [2.75, 3.05) is 4.90 Å². The van der Waals surface area contributed by atoms with Gasteiger partial charge < -0.3 is 14.7 Å². The Bertz CT molecular complexity index is 1010. The molecule has 2 unspecified atom stereocenters. The number of ether oxygens (including phenoxy) is 1. The normalized spacial score (nSPS) is 24.4. The molecule has 1 aliphatic heterocycles. The van der Waals surface area contributed by atoms with Crippen molar-refractivity contribution in [3.05, 3.63) is 59.7 Å². The molecule has 0 bridgehead atoms. The molecule has 0 spiro atoms. The van der Waals surface area contributed by atoms with Gasteiger partial charge >= 0.3 is 5.97 Å². The van der Waals surface area contributed by atoms with Crippen molar-refractivity contribution in [2.24, 2.45) is 5.41 Å². The third-order valence-corrected chi connectivity index (χ3v) is 5.09. The molecule has 2 atom stereocenters. The van der Waals surface area contributed by atoms with E-state index in [9.17, 15) is 9.90 Å². The molecule has 0 saturated carbocycles. The molecule has 3 rings (SSSR count). The first-order chi connectivity index (χ1) is 13.8. The number of hydrogen-bond donors (Lipinski definition) is 1. The Kier molecular flexibility index (Phi) is 4.53. The van der Waals surface area contributed by atoms with Crippen molar-refractivity contribution in [3.8, 4) is 11.8 Å². The number of nitriles is 1. The molecule has 5 heteroatoms. The van der Waals surface area contributed by atoms with Gasteiger partial charge in [-0.15, -0.1) is 0 Å². The van der Waals surface area contributed by atoms with Gasteiger partial charge in [-0.2, -0.15) is 5.26 Å². The Morgan fingerprint density at radius 2 is 1.72 bits per heavy atom. The van der Waals surface area contributed by atoms with Crippen LogP contribution in [0.2, 0.25) is 0 Å². The van der Waals surface area contributed by atoms with Crippen molar-refractivity contribution in [1.82, 2.24) is 0 Å². The van der Waals surface area contributed by atoms with Crippen LogP contribution in [-0.4, -0.2) is 22.7 Å². The number of carbonyl (C=O) groups is 1. The zero-order chi connectivity index (χ0) is 22.5. The first-order valence-corrected chi connectivity index (χ1v) is 9.63. The third-order valence-electron chi connectivity index (χ3n) is 5.09. The molecule has 152 valence electrons. The van der Waals surface area contributed by atoms with Gasteiger partial charge in [0.05, 0.1) is 18.7 Å². The van der Waals surface area contributed by atoms with Gasteiger partial charge in [-0.25, -0.2) is 4.79 Å². The van der Waals surface area contributed by atoms with Gasteiger partial charge in [-0.05, 0) is 56.0 Å². The summed E-state index contributed by atoms with van der Waals surface area (Å²) in [6, 6.07) is 14.2. The predicted octanol–water partition coefficient (Wildman–Crippen LogP) is 4.95. The van der Waals surface area contributed by atoms with Crippen molar-refractivity contribution >= 4 is 11.7 Å². The fraction of sp³-hybridized carbons (Fsp3) is 0.417. The summed E-state index contributed by atoms with van der Waals surface area (Å²) in [5.41, 5.74) is -0.537. The van der Waals surface area contributed by atoms with Crippen LogP contribution < -0.4 is 9.64 Å². The van der Waals surface area contributed by atoms with E-state index in [0.717, 1.165) is 0 Å². The van der Waals surface area contributed by atoms with Gasteiger partial charge in [0.2, 0.25) is 0 Å². The molecular formula is C24H28N2O3. The summed E-state index contributed by atoms with van der Waals surface area (Å²) in [5.74, 6) is -0.699. The van der Waals surface area contributed by atoms with Crippen LogP contribution in [0, 0.1) is 16.7 Å². The van der Waals surface area contributed by atoms with Crippen LogP contribution in [-0.2, 0) is 10.3 Å². The van der Waals surface area contributed by atoms with Gasteiger partial charge in [0.1, 0.15) is 16.9 Å². The highest BCUT2D eigenvalue weighted by Gasteiger charge is 2.73. The summed E-state index contributed by atoms with van der Waals surface area (Å²) in [6.45, 7) is 11.6. The van der Waals surface area contributed by atoms with E-state index in [1.54, 1.807) is 41.3 Å². The molecule has 2 aromatic carbocycles. The van der Waals surface area contributed by atoms with Gasteiger partial charge in [-0.3, -0.25) is 0 Å². The highest BCUT2D eigenvalue weighted by molar-refractivity contribution is 5.92. The number of benzene rings is 2. The van der Waals surface area contributed by atoms with Crippen molar-refractivity contribution < 1.29 is 16.0 Å². The van der Waals surface area contributed by atoms with E-state index in [1.165, 1.54) is 0 Å². The number of hydrogen-bond acceptors (Lipinski definition) is 4. The molecule has 0 amide bonds. The van der Waals surface area contributed by atoms with Gasteiger partial charge in [0.15, 0.2) is 6.02 Å². The molecule has 5 nitrogen and oxygen atoms in total. The zero-order valence-electron chi connectivity index (χ0n) is 18.8. The topological polar surface area (TPSA) is 73.3 Å². The Balaban J connectivity index is 2.28. The van der Waals surface area contributed by atoms with Crippen LogP contribution in [0.15, 0.2) is 48.5 Å². The summed E-state index contributed by atoms with van der Waals surface area (Å²) in [7, 11) is 0. The molecule has 1 heterocycles. The second kappa shape index (κ2) is 6.81. The van der Waals surface area contributed by atoms with Gasteiger partial charge in [0.25, 0.3) is 0 Å². The maximum Gasteiger partial charge on any atom is 0.329 e. The fourth-order valence-corrected chi connectivity index (χ4v) is 4.03. The number of nitrogens with zero attached hydrogens (tertiary/aromatic N) is 2. The summed E-state index contributed by atoms with van der Waals surface area (Å²) in [4.78, 5) is 14.1. The van der Waals surface area contributed by atoms with E-state index in [4.69, 9.17) is 11.4 Å². The number of carboxylic acids is 1. The van der Waals surface area contributed by atoms with E-state index in [0.29, 0.717) is 22.6 Å². The lowest BCUT2D eigenvalue weighted by molar-refractivity contribution is -0.137. The number of anilines is 1. The van der Waals surface area contributed by atoms with Crippen LogP contribution in [0.1, 0.15) is 54.0 Å². The molecule has 0 aliphatic carbocycles. The lowest BCUT2D eigenvalue weighted by Crippen LogP contribution is -2.34. The first kappa shape index (κ1) is 19.3. The van der Waals surface area contributed by atoms with Crippen molar-refractivity contribution in [1.29, 1.82) is 5.26 Å². The highest BCUT2D eigenvalue weighted by Crippen LogP contribution is 2.63. The summed E-state index contributed by atoms with van der Waals surface area (Å²) in [5, 5.41) is 19.4. The molecule has 0 radical (unpaired) electrons. The summed E-state index contributed by atoms with van der Waals surface area (Å²) < 4.78 is 15.2. The Morgan fingerprint density at radius 1 is 1.14 bits per heavy atom. The fourth-order valence-electron chi connectivity index (χ4n) is 4.03. The Morgan fingerprint density at radius 3 is 2.21 bits per heavy atom. The number of carboxylic acid groups (broad SMARTS) is 1. The van der Waals surface area contributed by atoms with E-state index >= 15 is 0 Å². The second-order valence-corrected chi connectivity index (χ2v) is 9.32. The quantitative estimate of drug-likeness (QED) is 0.744. The molecular weight excluding hydrogens is 364 g/mol. The third kappa shape index (κ3) is 3.44. The zero-order valence-corrected chi connectivity index (χ0v) is 17.8. The minimum Gasteiger partial charge on any atom is -0.486 e.